The number of rotatable bonds is 4. The fraction of sp³-hybridized carbons (Fsp3) is 0. The summed E-state index contributed by atoms with van der Waals surface area (Å²) in [4.78, 5) is 29.3. The molecule has 19 heavy (non-hydrogen) atoms. The van der Waals surface area contributed by atoms with E-state index >= 15 is 0 Å². The Labute approximate surface area is 107 Å². The Morgan fingerprint density at radius 3 is 2.37 bits per heavy atom. The van der Waals surface area contributed by atoms with Gasteiger partial charge in [-0.2, -0.15) is 0 Å². The van der Waals surface area contributed by atoms with Crippen molar-refractivity contribution < 1.29 is 19.4 Å². The standard InChI is InChI=1S/C12H9N3O4/c13-10(16)8-3-1-2-4-9(8)19-12-14-5-7(6-15-12)11(17)18/h1-6H,(H2,13,16)(H,17,18). The van der Waals surface area contributed by atoms with Crippen molar-refractivity contribution in [2.75, 3.05) is 0 Å². The molecule has 7 nitrogen and oxygen atoms in total. The minimum Gasteiger partial charge on any atom is -0.478 e. The number of carboxylic acids is 1. The third-order valence-corrected chi connectivity index (χ3v) is 2.23. The summed E-state index contributed by atoms with van der Waals surface area (Å²) >= 11 is 0. The normalized spacial score (nSPS) is 9.89. The molecule has 0 fully saturated rings. The van der Waals surface area contributed by atoms with Crippen molar-refractivity contribution in [3.63, 3.8) is 0 Å². The van der Waals surface area contributed by atoms with E-state index in [0.29, 0.717) is 0 Å². The largest absolute Gasteiger partial charge is 0.478 e. The van der Waals surface area contributed by atoms with E-state index in [2.05, 4.69) is 9.97 Å². The number of amides is 1. The molecule has 0 spiro atoms. The van der Waals surface area contributed by atoms with Crippen LogP contribution in [0.5, 0.6) is 11.8 Å². The zero-order chi connectivity index (χ0) is 13.8. The van der Waals surface area contributed by atoms with Gasteiger partial charge in [0.15, 0.2) is 0 Å². The van der Waals surface area contributed by atoms with Crippen LogP contribution >= 0.6 is 0 Å². The van der Waals surface area contributed by atoms with Gasteiger partial charge in [0, 0.05) is 12.4 Å². The maximum atomic E-state index is 11.2. The first-order chi connectivity index (χ1) is 9.08. The van der Waals surface area contributed by atoms with Gasteiger partial charge in [-0.1, -0.05) is 12.1 Å². The molecule has 1 aromatic heterocycles. The predicted molar refractivity (Wildman–Crippen MR) is 64.0 cm³/mol. The quantitative estimate of drug-likeness (QED) is 0.848. The number of benzene rings is 1. The number of aromatic nitrogens is 2. The Morgan fingerprint density at radius 2 is 1.79 bits per heavy atom. The third kappa shape index (κ3) is 2.83. The number of nitrogens with zero attached hydrogens (tertiary/aromatic N) is 2. The van der Waals surface area contributed by atoms with Crippen LogP contribution in [0.1, 0.15) is 20.7 Å². The molecule has 0 radical (unpaired) electrons. The van der Waals surface area contributed by atoms with Crippen molar-refractivity contribution in [1.82, 2.24) is 9.97 Å². The van der Waals surface area contributed by atoms with E-state index in [0.717, 1.165) is 12.4 Å². The number of para-hydroxylation sites is 1. The predicted octanol–water partition coefficient (Wildman–Crippen LogP) is 1.07. The van der Waals surface area contributed by atoms with Gasteiger partial charge in [-0.3, -0.25) is 4.79 Å². The molecule has 1 heterocycles. The summed E-state index contributed by atoms with van der Waals surface area (Å²) in [6, 6.07) is 6.27. The number of hydrogen-bond donors (Lipinski definition) is 2. The van der Waals surface area contributed by atoms with Crippen LogP contribution in [0.2, 0.25) is 0 Å². The topological polar surface area (TPSA) is 115 Å². The van der Waals surface area contributed by atoms with Gasteiger partial charge in [0.25, 0.3) is 5.91 Å². The number of hydrogen-bond acceptors (Lipinski definition) is 5. The molecule has 2 rings (SSSR count). The molecule has 0 bridgehead atoms. The SMILES string of the molecule is NC(=O)c1ccccc1Oc1ncc(C(=O)O)cn1. The monoisotopic (exact) mass is 259 g/mol. The van der Waals surface area contributed by atoms with Crippen molar-refractivity contribution >= 4 is 11.9 Å². The molecule has 0 aliphatic rings. The van der Waals surface area contributed by atoms with E-state index < -0.39 is 11.9 Å². The number of carboxylic acid groups (broad SMARTS) is 1. The lowest BCUT2D eigenvalue weighted by Gasteiger charge is -2.06. The second-order valence-electron chi connectivity index (χ2n) is 3.52. The van der Waals surface area contributed by atoms with Gasteiger partial charge in [0.2, 0.25) is 0 Å². The first-order valence-electron chi connectivity index (χ1n) is 5.20. The van der Waals surface area contributed by atoms with Gasteiger partial charge in [-0.25, -0.2) is 14.8 Å². The minimum atomic E-state index is -1.14. The van der Waals surface area contributed by atoms with Gasteiger partial charge in [0.05, 0.1) is 11.1 Å². The molecule has 3 N–H and O–H groups in total. The van der Waals surface area contributed by atoms with Gasteiger partial charge < -0.3 is 15.6 Å². The number of primary amides is 1. The van der Waals surface area contributed by atoms with E-state index in [-0.39, 0.29) is 22.9 Å². The molecular weight excluding hydrogens is 250 g/mol. The fourth-order valence-electron chi connectivity index (χ4n) is 1.34. The number of aromatic carboxylic acids is 1. The Bertz CT molecular complexity index is 625. The van der Waals surface area contributed by atoms with E-state index in [1.807, 2.05) is 0 Å². The first kappa shape index (κ1) is 12.5. The van der Waals surface area contributed by atoms with Crippen molar-refractivity contribution in [2.45, 2.75) is 0 Å². The highest BCUT2D eigenvalue weighted by Gasteiger charge is 2.11. The third-order valence-electron chi connectivity index (χ3n) is 2.23. The van der Waals surface area contributed by atoms with E-state index in [1.165, 1.54) is 12.1 Å². The maximum Gasteiger partial charge on any atom is 0.338 e. The van der Waals surface area contributed by atoms with Crippen LogP contribution in [0.3, 0.4) is 0 Å². The zero-order valence-corrected chi connectivity index (χ0v) is 9.61. The number of nitrogens with two attached hydrogens (primary N) is 1. The summed E-state index contributed by atoms with van der Waals surface area (Å²) in [5.74, 6) is -1.57. The van der Waals surface area contributed by atoms with Gasteiger partial charge >= 0.3 is 12.0 Å². The molecule has 0 saturated heterocycles. The Hall–Kier alpha value is -2.96. The van der Waals surface area contributed by atoms with Crippen LogP contribution in [-0.4, -0.2) is 27.0 Å². The van der Waals surface area contributed by atoms with Crippen LogP contribution in [0.15, 0.2) is 36.7 Å². The van der Waals surface area contributed by atoms with Crippen molar-refractivity contribution in [3.05, 3.63) is 47.8 Å². The minimum absolute atomic E-state index is 0.0597. The lowest BCUT2D eigenvalue weighted by molar-refractivity contribution is 0.0695. The first-order valence-corrected chi connectivity index (χ1v) is 5.20. The summed E-state index contributed by atoms with van der Waals surface area (Å²) in [5, 5.41) is 8.70. The Morgan fingerprint density at radius 1 is 1.16 bits per heavy atom. The molecule has 0 saturated carbocycles. The van der Waals surface area contributed by atoms with Crippen LogP contribution < -0.4 is 10.5 Å². The second-order valence-corrected chi connectivity index (χ2v) is 3.52. The van der Waals surface area contributed by atoms with E-state index in [4.69, 9.17) is 15.6 Å². The van der Waals surface area contributed by atoms with E-state index in [1.54, 1.807) is 12.1 Å². The smallest absolute Gasteiger partial charge is 0.338 e. The molecular formula is C12H9N3O4. The summed E-state index contributed by atoms with van der Waals surface area (Å²) in [6.07, 6.45) is 2.22. The number of carbonyl (C=O) groups is 2. The lowest BCUT2D eigenvalue weighted by atomic mass is 10.2. The highest BCUT2D eigenvalue weighted by molar-refractivity contribution is 5.95. The van der Waals surface area contributed by atoms with Crippen LogP contribution in [0.4, 0.5) is 0 Å². The molecule has 1 amide bonds. The number of ether oxygens (including phenoxy) is 1. The molecule has 2 aromatic rings. The molecule has 0 unspecified atom stereocenters. The van der Waals surface area contributed by atoms with Crippen molar-refractivity contribution in [1.29, 1.82) is 0 Å². The molecule has 1 aromatic carbocycles. The van der Waals surface area contributed by atoms with Gasteiger partial charge in [-0.05, 0) is 12.1 Å². The summed E-state index contributed by atoms with van der Waals surface area (Å²) < 4.78 is 5.29. The lowest BCUT2D eigenvalue weighted by Crippen LogP contribution is -2.12. The molecule has 7 heteroatoms. The summed E-state index contributed by atoms with van der Waals surface area (Å²) in [7, 11) is 0. The Balaban J connectivity index is 2.26. The fourth-order valence-corrected chi connectivity index (χ4v) is 1.34. The zero-order valence-electron chi connectivity index (χ0n) is 9.61. The Kier molecular flexibility index (Phi) is 3.37. The maximum absolute atomic E-state index is 11.2. The number of carbonyl (C=O) groups excluding carboxylic acids is 1. The van der Waals surface area contributed by atoms with Crippen LogP contribution in [-0.2, 0) is 0 Å². The van der Waals surface area contributed by atoms with E-state index in [9.17, 15) is 9.59 Å². The highest BCUT2D eigenvalue weighted by Crippen LogP contribution is 2.22. The average Bonchev–Trinajstić information content (AvgIpc) is 2.39. The highest BCUT2D eigenvalue weighted by atomic mass is 16.5. The molecule has 0 aliphatic heterocycles. The summed E-state index contributed by atoms with van der Waals surface area (Å²) in [5.41, 5.74) is 5.32. The molecule has 0 aliphatic carbocycles. The van der Waals surface area contributed by atoms with Gasteiger partial charge in [0.1, 0.15) is 5.75 Å². The summed E-state index contributed by atoms with van der Waals surface area (Å²) in [6.45, 7) is 0. The van der Waals surface area contributed by atoms with Gasteiger partial charge in [-0.15, -0.1) is 0 Å². The van der Waals surface area contributed by atoms with Crippen molar-refractivity contribution in [3.8, 4) is 11.8 Å². The average molecular weight is 259 g/mol. The second kappa shape index (κ2) is 5.13. The molecule has 0 atom stereocenters. The molecule has 96 valence electrons. The van der Waals surface area contributed by atoms with Crippen molar-refractivity contribution in [2.24, 2.45) is 5.73 Å². The van der Waals surface area contributed by atoms with Crippen LogP contribution in [0.25, 0.3) is 0 Å². The van der Waals surface area contributed by atoms with Crippen LogP contribution in [0, 0.1) is 0 Å².